The first-order chi connectivity index (χ1) is 13.7. The highest BCUT2D eigenvalue weighted by Crippen LogP contribution is 2.30. The molecule has 0 bridgehead atoms. The Hall–Kier alpha value is -3.06. The van der Waals surface area contributed by atoms with Crippen molar-refractivity contribution in [3.05, 3.63) is 65.1 Å². The van der Waals surface area contributed by atoms with Crippen molar-refractivity contribution in [2.75, 3.05) is 6.54 Å². The molecule has 7 heteroatoms. The number of amides is 1. The maximum atomic E-state index is 13.2. The van der Waals surface area contributed by atoms with Crippen LogP contribution in [0.1, 0.15) is 41.9 Å². The van der Waals surface area contributed by atoms with Crippen LogP contribution in [-0.2, 0) is 6.54 Å². The number of benzene rings is 2. The molecule has 1 aliphatic heterocycles. The number of fused-ring (bicyclic) bond motifs is 1. The lowest BCUT2D eigenvalue weighted by atomic mass is 10.0. The summed E-state index contributed by atoms with van der Waals surface area (Å²) in [5.74, 6) is -0.313. The lowest BCUT2D eigenvalue weighted by Gasteiger charge is -2.22. The van der Waals surface area contributed by atoms with Crippen molar-refractivity contribution in [1.29, 1.82) is 0 Å². The van der Waals surface area contributed by atoms with E-state index in [1.807, 2.05) is 25.1 Å². The Morgan fingerprint density at radius 1 is 1.17 bits per heavy atom. The summed E-state index contributed by atoms with van der Waals surface area (Å²) < 4.78 is 14.9. The largest absolute Gasteiger partial charge is 0.390 e. The molecule has 1 aromatic heterocycles. The minimum atomic E-state index is -0.809. The maximum Gasteiger partial charge on any atom is 0.254 e. The molecule has 1 aliphatic rings. The summed E-state index contributed by atoms with van der Waals surface area (Å²) in [5.41, 5.74) is 3.99. The Morgan fingerprint density at radius 2 is 1.90 bits per heavy atom. The molecule has 29 heavy (non-hydrogen) atoms. The lowest BCUT2D eigenvalue weighted by Crippen LogP contribution is -2.31. The summed E-state index contributed by atoms with van der Waals surface area (Å²) in [6, 6.07) is 11.8. The van der Waals surface area contributed by atoms with Gasteiger partial charge >= 0.3 is 0 Å². The zero-order valence-electron chi connectivity index (χ0n) is 16.7. The fourth-order valence-electron chi connectivity index (χ4n) is 3.54. The van der Waals surface area contributed by atoms with Crippen molar-refractivity contribution in [3.8, 4) is 16.9 Å². The quantitative estimate of drug-likeness (QED) is 0.719. The second-order valence-corrected chi connectivity index (χ2v) is 8.07. The first-order valence-corrected chi connectivity index (χ1v) is 9.56. The van der Waals surface area contributed by atoms with Gasteiger partial charge in [0.1, 0.15) is 11.5 Å². The fraction of sp³-hybridized carbons (Fsp3) is 0.318. The lowest BCUT2D eigenvalue weighted by molar-refractivity contribution is 0.0517. The zero-order chi connectivity index (χ0) is 20.8. The van der Waals surface area contributed by atoms with E-state index in [0.29, 0.717) is 25.1 Å². The van der Waals surface area contributed by atoms with Gasteiger partial charge in [-0.05, 0) is 69.2 Å². The van der Waals surface area contributed by atoms with Crippen molar-refractivity contribution in [2.45, 2.75) is 39.3 Å². The Kier molecular flexibility index (Phi) is 4.70. The van der Waals surface area contributed by atoms with Gasteiger partial charge in [0.15, 0.2) is 0 Å². The van der Waals surface area contributed by atoms with E-state index in [9.17, 15) is 14.3 Å². The Morgan fingerprint density at radius 3 is 2.59 bits per heavy atom. The molecule has 6 nitrogen and oxygen atoms in total. The van der Waals surface area contributed by atoms with Gasteiger partial charge in [-0.15, -0.1) is 5.10 Å². The second kappa shape index (κ2) is 7.08. The standard InChI is InChI=1S/C22H23FN4O2/c1-14-20(24-25-27(14)18-7-5-17(23)6-8-18)15-4-9-19-16(12-15)13-26(21(19)28)11-10-22(2,3)29/h4-9,12,29H,10-11,13H2,1-3H3. The summed E-state index contributed by atoms with van der Waals surface area (Å²) in [6.07, 6.45) is 0.519. The number of nitrogens with zero attached hydrogens (tertiary/aromatic N) is 4. The maximum absolute atomic E-state index is 13.2. The van der Waals surface area contributed by atoms with E-state index in [2.05, 4.69) is 10.3 Å². The first kappa shape index (κ1) is 19.3. The molecule has 1 amide bonds. The van der Waals surface area contributed by atoms with Crippen LogP contribution in [0.3, 0.4) is 0 Å². The predicted molar refractivity (Wildman–Crippen MR) is 107 cm³/mol. The summed E-state index contributed by atoms with van der Waals surface area (Å²) in [6.45, 7) is 6.42. The summed E-state index contributed by atoms with van der Waals surface area (Å²) in [4.78, 5) is 14.4. The number of carbonyl (C=O) groups is 1. The Balaban J connectivity index is 1.60. The van der Waals surface area contributed by atoms with Crippen LogP contribution in [0.4, 0.5) is 4.39 Å². The normalized spacial score (nSPS) is 13.8. The fourth-order valence-corrected chi connectivity index (χ4v) is 3.54. The van der Waals surface area contributed by atoms with E-state index in [0.717, 1.165) is 28.2 Å². The van der Waals surface area contributed by atoms with Crippen LogP contribution in [0.2, 0.25) is 0 Å². The van der Waals surface area contributed by atoms with Gasteiger partial charge in [0.25, 0.3) is 5.91 Å². The van der Waals surface area contributed by atoms with Crippen molar-refractivity contribution in [1.82, 2.24) is 19.9 Å². The van der Waals surface area contributed by atoms with Gasteiger partial charge in [0.05, 0.1) is 17.0 Å². The number of hydrogen-bond acceptors (Lipinski definition) is 4. The van der Waals surface area contributed by atoms with Gasteiger partial charge in [0.2, 0.25) is 0 Å². The molecule has 2 aromatic carbocycles. The van der Waals surface area contributed by atoms with Gasteiger partial charge in [0, 0.05) is 24.2 Å². The molecule has 0 atom stereocenters. The van der Waals surface area contributed by atoms with Crippen molar-refractivity contribution >= 4 is 5.91 Å². The molecule has 0 fully saturated rings. The molecule has 0 saturated heterocycles. The van der Waals surface area contributed by atoms with Gasteiger partial charge < -0.3 is 10.0 Å². The molecule has 0 radical (unpaired) electrons. The van der Waals surface area contributed by atoms with Crippen molar-refractivity contribution in [3.63, 3.8) is 0 Å². The molecule has 0 aliphatic carbocycles. The van der Waals surface area contributed by atoms with Gasteiger partial charge in [-0.3, -0.25) is 4.79 Å². The van der Waals surface area contributed by atoms with Crippen LogP contribution in [0.15, 0.2) is 42.5 Å². The van der Waals surface area contributed by atoms with Crippen LogP contribution in [0, 0.1) is 12.7 Å². The van der Waals surface area contributed by atoms with E-state index in [4.69, 9.17) is 0 Å². The molecule has 0 saturated carbocycles. The minimum absolute atomic E-state index is 0.0116. The smallest absolute Gasteiger partial charge is 0.254 e. The second-order valence-electron chi connectivity index (χ2n) is 8.07. The SMILES string of the molecule is Cc1c(-c2ccc3c(c2)CN(CCC(C)(C)O)C3=O)nnn1-c1ccc(F)cc1. The van der Waals surface area contributed by atoms with Crippen LogP contribution < -0.4 is 0 Å². The monoisotopic (exact) mass is 394 g/mol. The molecule has 150 valence electrons. The van der Waals surface area contributed by atoms with Gasteiger partial charge in [-0.25, -0.2) is 9.07 Å². The van der Waals surface area contributed by atoms with Crippen molar-refractivity contribution < 1.29 is 14.3 Å². The third kappa shape index (κ3) is 3.78. The Labute approximate surface area is 168 Å². The molecule has 1 N–H and O–H groups in total. The zero-order valence-corrected chi connectivity index (χ0v) is 16.7. The number of aromatic nitrogens is 3. The number of halogens is 1. The third-order valence-electron chi connectivity index (χ3n) is 5.22. The van der Waals surface area contributed by atoms with Crippen LogP contribution >= 0.6 is 0 Å². The average Bonchev–Trinajstić information content (AvgIpc) is 3.20. The van der Waals surface area contributed by atoms with E-state index in [1.165, 1.54) is 12.1 Å². The summed E-state index contributed by atoms with van der Waals surface area (Å²) in [7, 11) is 0. The van der Waals surface area contributed by atoms with Crippen LogP contribution in [-0.4, -0.2) is 43.1 Å². The molecule has 2 heterocycles. The first-order valence-electron chi connectivity index (χ1n) is 9.56. The highest BCUT2D eigenvalue weighted by atomic mass is 19.1. The van der Waals surface area contributed by atoms with Crippen molar-refractivity contribution in [2.24, 2.45) is 0 Å². The van der Waals surface area contributed by atoms with Gasteiger partial charge in [-0.1, -0.05) is 11.3 Å². The van der Waals surface area contributed by atoms with E-state index >= 15 is 0 Å². The van der Waals surface area contributed by atoms with E-state index in [-0.39, 0.29) is 11.7 Å². The highest BCUT2D eigenvalue weighted by Gasteiger charge is 2.29. The summed E-state index contributed by atoms with van der Waals surface area (Å²) in [5, 5.41) is 18.5. The average molecular weight is 394 g/mol. The molecule has 3 aromatic rings. The predicted octanol–water partition coefficient (Wildman–Crippen LogP) is 3.50. The number of carbonyl (C=O) groups excluding carboxylic acids is 1. The van der Waals surface area contributed by atoms with E-state index in [1.54, 1.807) is 35.6 Å². The third-order valence-corrected chi connectivity index (χ3v) is 5.22. The number of rotatable bonds is 5. The minimum Gasteiger partial charge on any atom is -0.390 e. The molecule has 0 spiro atoms. The number of hydrogen-bond donors (Lipinski definition) is 1. The number of aliphatic hydroxyl groups is 1. The van der Waals surface area contributed by atoms with E-state index < -0.39 is 5.60 Å². The molecular formula is C22H23FN4O2. The van der Waals surface area contributed by atoms with Crippen LogP contribution in [0.5, 0.6) is 0 Å². The van der Waals surface area contributed by atoms with Crippen LogP contribution in [0.25, 0.3) is 16.9 Å². The Bertz CT molecular complexity index is 1070. The van der Waals surface area contributed by atoms with Gasteiger partial charge in [-0.2, -0.15) is 0 Å². The highest BCUT2D eigenvalue weighted by molar-refractivity contribution is 5.99. The molecule has 0 unspecified atom stereocenters. The molecular weight excluding hydrogens is 371 g/mol. The molecule has 4 rings (SSSR count). The topological polar surface area (TPSA) is 71.2 Å². The summed E-state index contributed by atoms with van der Waals surface area (Å²) >= 11 is 0.